The van der Waals surface area contributed by atoms with E-state index in [9.17, 15) is 18.4 Å². The molecule has 0 amide bonds. The van der Waals surface area contributed by atoms with Gasteiger partial charge in [0, 0.05) is 39.0 Å². The van der Waals surface area contributed by atoms with E-state index in [2.05, 4.69) is 47.9 Å². The van der Waals surface area contributed by atoms with Gasteiger partial charge in [-0.2, -0.15) is 18.4 Å². The summed E-state index contributed by atoms with van der Waals surface area (Å²) in [6, 6.07) is 37.6. The van der Waals surface area contributed by atoms with Crippen LogP contribution in [-0.4, -0.2) is 14.1 Å². The lowest BCUT2D eigenvalue weighted by molar-refractivity contribution is -0.137. The molecule has 0 saturated heterocycles. The molecule has 8 aromatic rings. The predicted octanol–water partition coefficient (Wildman–Crippen LogP) is 10.1. The lowest BCUT2D eigenvalue weighted by Gasteiger charge is -2.15. The normalized spacial score (nSPS) is 12.0. The van der Waals surface area contributed by atoms with Gasteiger partial charge in [0.05, 0.1) is 50.6 Å². The van der Waals surface area contributed by atoms with Crippen molar-refractivity contribution in [1.82, 2.24) is 14.1 Å². The number of nitriles is 1. The standard InChI is InChI=1S/C38H23F3N4/c1-23-10-13-36-29(18-23)27-6-3-5-9-34(27)45(36)37-14-11-24(22-42)19-31(37)32-21-26(16-17-43-32)44-33-8-4-2-7-28(33)30-20-25(38(39,40)41)12-15-35(30)44/h2-21H,1H3. The highest BCUT2D eigenvalue weighted by atomic mass is 19.4. The molecule has 7 heteroatoms. The number of pyridine rings is 1. The summed E-state index contributed by atoms with van der Waals surface area (Å²) in [5.41, 5.74) is 7.49. The van der Waals surface area contributed by atoms with Crippen molar-refractivity contribution in [2.75, 3.05) is 0 Å². The number of para-hydroxylation sites is 2. The molecule has 0 aliphatic heterocycles. The fourth-order valence-electron chi connectivity index (χ4n) is 6.49. The zero-order valence-electron chi connectivity index (χ0n) is 24.0. The first-order valence-electron chi connectivity index (χ1n) is 14.4. The second kappa shape index (κ2) is 9.83. The van der Waals surface area contributed by atoms with Crippen LogP contribution in [0.5, 0.6) is 0 Å². The number of halogens is 3. The molecule has 0 unspecified atom stereocenters. The maximum absolute atomic E-state index is 13.7. The summed E-state index contributed by atoms with van der Waals surface area (Å²) in [6.45, 7) is 2.08. The third-order valence-electron chi connectivity index (χ3n) is 8.47. The van der Waals surface area contributed by atoms with E-state index < -0.39 is 11.7 Å². The highest BCUT2D eigenvalue weighted by molar-refractivity contribution is 6.11. The van der Waals surface area contributed by atoms with Crippen molar-refractivity contribution < 1.29 is 13.2 Å². The van der Waals surface area contributed by atoms with E-state index in [1.165, 1.54) is 12.1 Å². The molecule has 0 saturated carbocycles. The van der Waals surface area contributed by atoms with Gasteiger partial charge in [-0.1, -0.05) is 48.0 Å². The summed E-state index contributed by atoms with van der Waals surface area (Å²) < 4.78 is 45.2. The Hall–Kier alpha value is -5.87. The molecule has 0 spiro atoms. The number of rotatable bonds is 3. The average Bonchev–Trinajstić information content (AvgIpc) is 3.56. The van der Waals surface area contributed by atoms with Gasteiger partial charge >= 0.3 is 6.18 Å². The molecule has 0 aliphatic rings. The summed E-state index contributed by atoms with van der Waals surface area (Å²) in [4.78, 5) is 4.76. The number of aromatic nitrogens is 3. The van der Waals surface area contributed by atoms with E-state index >= 15 is 0 Å². The summed E-state index contributed by atoms with van der Waals surface area (Å²) in [6.07, 6.45) is -2.75. The molecule has 0 radical (unpaired) electrons. The van der Waals surface area contributed by atoms with Crippen LogP contribution >= 0.6 is 0 Å². The quantitative estimate of drug-likeness (QED) is 0.205. The van der Waals surface area contributed by atoms with Crippen molar-refractivity contribution in [3.63, 3.8) is 0 Å². The van der Waals surface area contributed by atoms with Crippen LogP contribution in [0.25, 0.3) is 66.2 Å². The SMILES string of the molecule is Cc1ccc2c(c1)c1ccccc1n2-c1ccc(C#N)cc1-c1cc(-n2c3ccccc3c3cc(C(F)(F)F)ccc32)ccn1. The van der Waals surface area contributed by atoms with Crippen LogP contribution in [0.2, 0.25) is 0 Å². The molecule has 0 N–H and O–H groups in total. The van der Waals surface area contributed by atoms with Crippen LogP contribution in [-0.2, 0) is 6.18 Å². The van der Waals surface area contributed by atoms with Gasteiger partial charge in [0.1, 0.15) is 0 Å². The number of fused-ring (bicyclic) bond motifs is 6. The van der Waals surface area contributed by atoms with Gasteiger partial charge < -0.3 is 9.13 Å². The monoisotopic (exact) mass is 592 g/mol. The first kappa shape index (κ1) is 26.7. The Labute approximate surface area is 255 Å². The van der Waals surface area contributed by atoms with Crippen molar-refractivity contribution in [2.24, 2.45) is 0 Å². The Morgan fingerprint density at radius 3 is 2.02 bits per heavy atom. The Morgan fingerprint density at radius 1 is 0.644 bits per heavy atom. The number of benzene rings is 5. The molecular weight excluding hydrogens is 569 g/mol. The molecule has 0 aliphatic carbocycles. The fourth-order valence-corrected chi connectivity index (χ4v) is 6.49. The van der Waals surface area contributed by atoms with E-state index in [1.807, 2.05) is 71.3 Å². The summed E-state index contributed by atoms with van der Waals surface area (Å²) in [5, 5.41) is 13.4. The van der Waals surface area contributed by atoms with Crippen LogP contribution in [0.4, 0.5) is 13.2 Å². The van der Waals surface area contributed by atoms with Crippen molar-refractivity contribution in [1.29, 1.82) is 5.26 Å². The van der Waals surface area contributed by atoms with Gasteiger partial charge in [-0.3, -0.25) is 4.98 Å². The maximum Gasteiger partial charge on any atom is 0.416 e. The molecule has 4 nitrogen and oxygen atoms in total. The Bertz CT molecular complexity index is 2510. The molecule has 216 valence electrons. The summed E-state index contributed by atoms with van der Waals surface area (Å²) in [7, 11) is 0. The van der Waals surface area contributed by atoms with E-state index in [1.54, 1.807) is 6.20 Å². The lowest BCUT2D eigenvalue weighted by atomic mass is 10.0. The number of hydrogen-bond acceptors (Lipinski definition) is 2. The van der Waals surface area contributed by atoms with Crippen molar-refractivity contribution >= 4 is 43.6 Å². The highest BCUT2D eigenvalue weighted by Gasteiger charge is 2.31. The molecule has 5 aromatic carbocycles. The second-order valence-electron chi connectivity index (χ2n) is 11.2. The number of alkyl halides is 3. The van der Waals surface area contributed by atoms with Crippen molar-refractivity contribution in [2.45, 2.75) is 13.1 Å². The summed E-state index contributed by atoms with van der Waals surface area (Å²) in [5.74, 6) is 0. The second-order valence-corrected chi connectivity index (χ2v) is 11.2. The first-order chi connectivity index (χ1) is 21.8. The minimum absolute atomic E-state index is 0.495. The molecule has 0 atom stereocenters. The highest BCUT2D eigenvalue weighted by Crippen LogP contribution is 2.39. The minimum atomic E-state index is -4.45. The van der Waals surface area contributed by atoms with E-state index in [-0.39, 0.29) is 0 Å². The Kier molecular flexibility index (Phi) is 5.84. The third-order valence-corrected chi connectivity index (χ3v) is 8.47. The molecule has 45 heavy (non-hydrogen) atoms. The third kappa shape index (κ3) is 4.18. The fraction of sp³-hybridized carbons (Fsp3) is 0.0526. The van der Waals surface area contributed by atoms with E-state index in [0.29, 0.717) is 22.2 Å². The largest absolute Gasteiger partial charge is 0.416 e. The molecular formula is C38H23F3N4. The molecule has 3 aromatic heterocycles. The van der Waals surface area contributed by atoms with Gasteiger partial charge in [-0.05, 0) is 79.7 Å². The zero-order valence-corrected chi connectivity index (χ0v) is 24.0. The Balaban J connectivity index is 1.39. The lowest BCUT2D eigenvalue weighted by Crippen LogP contribution is -2.04. The first-order valence-corrected chi connectivity index (χ1v) is 14.4. The van der Waals surface area contributed by atoms with Crippen molar-refractivity contribution in [3.8, 4) is 28.7 Å². The molecule has 0 fully saturated rings. The van der Waals surface area contributed by atoms with Gasteiger partial charge in [-0.15, -0.1) is 0 Å². The summed E-state index contributed by atoms with van der Waals surface area (Å²) >= 11 is 0. The van der Waals surface area contributed by atoms with Gasteiger partial charge in [0.25, 0.3) is 0 Å². The van der Waals surface area contributed by atoms with Crippen LogP contribution in [0, 0.1) is 18.3 Å². The zero-order chi connectivity index (χ0) is 30.9. The Morgan fingerprint density at radius 2 is 1.29 bits per heavy atom. The van der Waals surface area contributed by atoms with Crippen molar-refractivity contribution in [3.05, 3.63) is 138 Å². The maximum atomic E-state index is 13.7. The van der Waals surface area contributed by atoms with Crippen LogP contribution in [0.3, 0.4) is 0 Å². The topological polar surface area (TPSA) is 46.5 Å². The number of nitrogens with zero attached hydrogens (tertiary/aromatic N) is 4. The number of hydrogen-bond donors (Lipinski definition) is 0. The molecule has 3 heterocycles. The van der Waals surface area contributed by atoms with Crippen LogP contribution < -0.4 is 0 Å². The number of aryl methyl sites for hydroxylation is 1. The predicted molar refractivity (Wildman–Crippen MR) is 173 cm³/mol. The van der Waals surface area contributed by atoms with Gasteiger partial charge in [-0.25, -0.2) is 0 Å². The van der Waals surface area contributed by atoms with Gasteiger partial charge in [0.2, 0.25) is 0 Å². The minimum Gasteiger partial charge on any atom is -0.309 e. The smallest absolute Gasteiger partial charge is 0.309 e. The van der Waals surface area contributed by atoms with E-state index in [4.69, 9.17) is 4.98 Å². The molecule has 0 bridgehead atoms. The van der Waals surface area contributed by atoms with Gasteiger partial charge in [0.15, 0.2) is 0 Å². The average molecular weight is 593 g/mol. The van der Waals surface area contributed by atoms with Crippen LogP contribution in [0.1, 0.15) is 16.7 Å². The molecule has 8 rings (SSSR count). The van der Waals surface area contributed by atoms with Crippen LogP contribution in [0.15, 0.2) is 121 Å². The van der Waals surface area contributed by atoms with E-state index in [0.717, 1.165) is 61.3 Å².